The molecule has 1 saturated carbocycles. The Balaban J connectivity index is 1.34. The Kier molecular flexibility index (Phi) is 4.59. The Labute approximate surface area is 150 Å². The number of hydrogen-bond donors (Lipinski definition) is 1. The topological polar surface area (TPSA) is 43.8 Å². The first-order valence-corrected chi connectivity index (χ1v) is 9.93. The predicted molar refractivity (Wildman–Crippen MR) is 97.6 cm³/mol. The van der Waals surface area contributed by atoms with Crippen LogP contribution in [0.5, 0.6) is 0 Å². The molecule has 3 fully saturated rings. The van der Waals surface area contributed by atoms with Gasteiger partial charge in [-0.2, -0.15) is 5.06 Å². The molecule has 2 heterocycles. The third-order valence-electron chi connectivity index (χ3n) is 6.68. The minimum Gasteiger partial charge on any atom is -0.341 e. The van der Waals surface area contributed by atoms with Crippen molar-refractivity contribution in [1.82, 2.24) is 9.96 Å². The van der Waals surface area contributed by atoms with Crippen molar-refractivity contribution in [2.75, 3.05) is 19.6 Å². The molecule has 0 bridgehead atoms. The van der Waals surface area contributed by atoms with E-state index in [1.807, 2.05) is 4.90 Å². The molecule has 1 aromatic carbocycles. The fourth-order valence-corrected chi connectivity index (χ4v) is 4.67. The van der Waals surface area contributed by atoms with Crippen molar-refractivity contribution in [1.29, 1.82) is 0 Å². The molecule has 1 spiro atoms. The highest BCUT2D eigenvalue weighted by Gasteiger charge is 2.49. The number of carbonyl (C=O) groups excluding carboxylic acids is 1. The average molecular weight is 342 g/mol. The second-order valence-corrected chi connectivity index (χ2v) is 8.35. The van der Waals surface area contributed by atoms with Gasteiger partial charge in [0.25, 0.3) is 0 Å². The number of rotatable bonds is 3. The van der Waals surface area contributed by atoms with E-state index in [0.29, 0.717) is 17.9 Å². The lowest BCUT2D eigenvalue weighted by Crippen LogP contribution is -2.53. The summed E-state index contributed by atoms with van der Waals surface area (Å²) >= 11 is 0. The molecule has 0 aromatic heterocycles. The average Bonchev–Trinajstić information content (AvgIpc) is 3.40. The highest BCUT2D eigenvalue weighted by Crippen LogP contribution is 2.52. The molecule has 2 aliphatic heterocycles. The first-order chi connectivity index (χ1) is 12.1. The zero-order valence-corrected chi connectivity index (χ0v) is 15.3. The van der Waals surface area contributed by atoms with E-state index in [1.54, 1.807) is 0 Å². The van der Waals surface area contributed by atoms with Crippen molar-refractivity contribution in [2.45, 2.75) is 63.8 Å². The van der Waals surface area contributed by atoms with E-state index in [9.17, 15) is 10.0 Å². The first kappa shape index (κ1) is 17.0. The van der Waals surface area contributed by atoms with Gasteiger partial charge >= 0.3 is 0 Å². The summed E-state index contributed by atoms with van der Waals surface area (Å²) in [5.41, 5.74) is 3.15. The Morgan fingerprint density at radius 2 is 1.96 bits per heavy atom. The minimum absolute atomic E-state index is 0.138. The summed E-state index contributed by atoms with van der Waals surface area (Å²) in [6.07, 6.45) is 7.47. The van der Waals surface area contributed by atoms with Crippen molar-refractivity contribution < 1.29 is 10.0 Å². The van der Waals surface area contributed by atoms with Crippen LogP contribution in [0.4, 0.5) is 0 Å². The van der Waals surface area contributed by atoms with Crippen LogP contribution in [0, 0.1) is 5.41 Å². The molecule has 136 valence electrons. The van der Waals surface area contributed by atoms with Crippen LogP contribution in [-0.2, 0) is 11.2 Å². The van der Waals surface area contributed by atoms with Crippen molar-refractivity contribution in [2.24, 2.45) is 5.41 Å². The molecule has 0 unspecified atom stereocenters. The van der Waals surface area contributed by atoms with Crippen LogP contribution < -0.4 is 0 Å². The molecule has 0 radical (unpaired) electrons. The molecule has 4 nitrogen and oxygen atoms in total. The lowest BCUT2D eigenvalue weighted by molar-refractivity contribution is -0.180. The Morgan fingerprint density at radius 3 is 2.60 bits per heavy atom. The number of aryl methyl sites for hydroxylation is 1. The number of hydroxylamine groups is 2. The summed E-state index contributed by atoms with van der Waals surface area (Å²) in [5, 5.41) is 11.7. The fraction of sp³-hybridized carbons (Fsp3) is 0.667. The van der Waals surface area contributed by atoms with Crippen molar-refractivity contribution in [3.63, 3.8) is 0 Å². The predicted octanol–water partition coefficient (Wildman–Crippen LogP) is 3.59. The maximum Gasteiger partial charge on any atom is 0.242 e. The summed E-state index contributed by atoms with van der Waals surface area (Å²) < 4.78 is 0. The molecular formula is C21H30N2O2. The van der Waals surface area contributed by atoms with Gasteiger partial charge < -0.3 is 10.1 Å². The number of benzene rings is 1. The summed E-state index contributed by atoms with van der Waals surface area (Å²) in [7, 11) is 0. The van der Waals surface area contributed by atoms with E-state index in [4.69, 9.17) is 0 Å². The number of likely N-dealkylation sites (tertiary alicyclic amines) is 1. The molecule has 25 heavy (non-hydrogen) atoms. The Hall–Kier alpha value is -1.39. The van der Waals surface area contributed by atoms with Crippen LogP contribution in [0.25, 0.3) is 0 Å². The highest BCUT2D eigenvalue weighted by atomic mass is 16.5. The summed E-state index contributed by atoms with van der Waals surface area (Å²) in [4.78, 5) is 14.8. The molecule has 2 saturated heterocycles. The van der Waals surface area contributed by atoms with Crippen LogP contribution in [0.1, 0.15) is 62.5 Å². The fourth-order valence-electron chi connectivity index (χ4n) is 4.67. The van der Waals surface area contributed by atoms with Gasteiger partial charge in [0.15, 0.2) is 0 Å². The number of amides is 1. The lowest BCUT2D eigenvalue weighted by atomic mass is 9.87. The first-order valence-electron chi connectivity index (χ1n) is 9.93. The molecular weight excluding hydrogens is 312 g/mol. The van der Waals surface area contributed by atoms with Gasteiger partial charge in [-0.3, -0.25) is 4.79 Å². The normalized spacial score (nSPS) is 26.8. The molecule has 1 aromatic rings. The monoisotopic (exact) mass is 342 g/mol. The second-order valence-electron chi connectivity index (χ2n) is 8.35. The zero-order valence-electron chi connectivity index (χ0n) is 15.3. The lowest BCUT2D eigenvalue weighted by Gasteiger charge is -2.39. The second kappa shape index (κ2) is 6.73. The number of piperidine rings is 2. The van der Waals surface area contributed by atoms with E-state index in [2.05, 4.69) is 31.2 Å². The van der Waals surface area contributed by atoms with Crippen LogP contribution >= 0.6 is 0 Å². The van der Waals surface area contributed by atoms with E-state index in [0.717, 1.165) is 45.2 Å². The largest absolute Gasteiger partial charge is 0.341 e. The van der Waals surface area contributed by atoms with Gasteiger partial charge in [-0.05, 0) is 67.4 Å². The summed E-state index contributed by atoms with van der Waals surface area (Å²) in [5.74, 6) is 0.695. The quantitative estimate of drug-likeness (QED) is 0.913. The van der Waals surface area contributed by atoms with Crippen molar-refractivity contribution >= 4 is 5.91 Å². The third kappa shape index (κ3) is 3.47. The summed E-state index contributed by atoms with van der Waals surface area (Å²) in [6, 6.07) is 8.59. The highest BCUT2D eigenvalue weighted by molar-refractivity contribution is 5.82. The van der Waals surface area contributed by atoms with Gasteiger partial charge in [0.05, 0.1) is 0 Å². The zero-order chi connectivity index (χ0) is 17.4. The number of carbonyl (C=O) groups is 1. The van der Waals surface area contributed by atoms with Gasteiger partial charge in [0.2, 0.25) is 5.91 Å². The van der Waals surface area contributed by atoms with Crippen molar-refractivity contribution in [3.8, 4) is 0 Å². The minimum atomic E-state index is -0.314. The van der Waals surface area contributed by atoms with Gasteiger partial charge in [0, 0.05) is 19.6 Å². The van der Waals surface area contributed by atoms with Crippen LogP contribution in [0.2, 0.25) is 0 Å². The number of nitrogens with zero attached hydrogens (tertiary/aromatic N) is 2. The maximum atomic E-state index is 12.9. The van der Waals surface area contributed by atoms with Crippen LogP contribution in [0.3, 0.4) is 0 Å². The molecule has 1 atom stereocenters. The molecule has 1 aliphatic carbocycles. The van der Waals surface area contributed by atoms with Crippen LogP contribution in [0.15, 0.2) is 24.3 Å². The van der Waals surface area contributed by atoms with Crippen LogP contribution in [-0.4, -0.2) is 46.8 Å². The summed E-state index contributed by atoms with van der Waals surface area (Å²) in [6.45, 7) is 4.51. The van der Waals surface area contributed by atoms with Gasteiger partial charge in [-0.1, -0.05) is 31.2 Å². The Morgan fingerprint density at radius 1 is 1.20 bits per heavy atom. The van der Waals surface area contributed by atoms with E-state index in [-0.39, 0.29) is 11.9 Å². The molecule has 4 rings (SSSR count). The van der Waals surface area contributed by atoms with E-state index in [1.165, 1.54) is 29.0 Å². The molecule has 3 aliphatic rings. The van der Waals surface area contributed by atoms with Gasteiger partial charge in [-0.25, -0.2) is 0 Å². The van der Waals surface area contributed by atoms with Gasteiger partial charge in [0.1, 0.15) is 6.04 Å². The third-order valence-corrected chi connectivity index (χ3v) is 6.68. The molecule has 1 N–H and O–H groups in total. The Bertz CT molecular complexity index is 633. The van der Waals surface area contributed by atoms with Gasteiger partial charge in [-0.15, -0.1) is 0 Å². The van der Waals surface area contributed by atoms with E-state index < -0.39 is 0 Å². The smallest absolute Gasteiger partial charge is 0.242 e. The molecule has 1 amide bonds. The molecule has 4 heteroatoms. The SMILES string of the molecule is CCc1cccc(C2CCN(C(=O)[C@@H]3CCC4(CC4)CN3O)CC2)c1. The van der Waals surface area contributed by atoms with Crippen molar-refractivity contribution in [3.05, 3.63) is 35.4 Å². The van der Waals surface area contributed by atoms with E-state index >= 15 is 0 Å². The number of hydrogen-bond acceptors (Lipinski definition) is 3. The maximum absolute atomic E-state index is 12.9. The standard InChI is InChI=1S/C21H30N2O2/c1-2-16-4-3-5-18(14-16)17-7-12-22(13-8-17)20(24)19-6-9-21(10-11-21)15-23(19)25/h3-5,14,17,19,25H,2,6-13,15H2,1H3/t19-/m0/s1.